The van der Waals surface area contributed by atoms with Crippen LogP contribution in [0.2, 0.25) is 10.0 Å². The third-order valence-electron chi connectivity index (χ3n) is 2.31. The summed E-state index contributed by atoms with van der Waals surface area (Å²) < 4.78 is 0. The standard InChI is InChI=1S/C12H7Cl2NO2/c13-9-3-1-8(2-4-9)11-6-5-10(14)7-12(11)15(16)17/h1-7H. The zero-order valence-electron chi connectivity index (χ0n) is 8.56. The summed E-state index contributed by atoms with van der Waals surface area (Å²) in [7, 11) is 0. The number of hydrogen-bond acceptors (Lipinski definition) is 2. The van der Waals surface area contributed by atoms with E-state index in [4.69, 9.17) is 23.2 Å². The van der Waals surface area contributed by atoms with Gasteiger partial charge in [-0.2, -0.15) is 0 Å². The van der Waals surface area contributed by atoms with Gasteiger partial charge in [0, 0.05) is 16.1 Å². The molecule has 0 saturated heterocycles. The van der Waals surface area contributed by atoms with Crippen LogP contribution in [0.15, 0.2) is 42.5 Å². The monoisotopic (exact) mass is 267 g/mol. The van der Waals surface area contributed by atoms with Crippen LogP contribution >= 0.6 is 23.2 Å². The van der Waals surface area contributed by atoms with Crippen LogP contribution in [0.3, 0.4) is 0 Å². The predicted octanol–water partition coefficient (Wildman–Crippen LogP) is 4.57. The van der Waals surface area contributed by atoms with E-state index in [-0.39, 0.29) is 5.69 Å². The molecule has 0 atom stereocenters. The minimum Gasteiger partial charge on any atom is -0.258 e. The van der Waals surface area contributed by atoms with Crippen molar-refractivity contribution in [2.75, 3.05) is 0 Å². The average Bonchev–Trinajstić information content (AvgIpc) is 2.30. The van der Waals surface area contributed by atoms with Crippen molar-refractivity contribution in [3.8, 4) is 11.1 Å². The number of nitro groups is 1. The molecular formula is C12H7Cl2NO2. The van der Waals surface area contributed by atoms with Gasteiger partial charge in [0.1, 0.15) is 0 Å². The lowest BCUT2D eigenvalue weighted by molar-refractivity contribution is -0.384. The Balaban J connectivity index is 2.58. The lowest BCUT2D eigenvalue weighted by Crippen LogP contribution is -1.91. The van der Waals surface area contributed by atoms with Crippen LogP contribution in [-0.4, -0.2) is 4.92 Å². The molecule has 0 unspecified atom stereocenters. The molecule has 0 aliphatic heterocycles. The lowest BCUT2D eigenvalue weighted by atomic mass is 10.0. The summed E-state index contributed by atoms with van der Waals surface area (Å²) in [5, 5.41) is 11.9. The van der Waals surface area contributed by atoms with Crippen molar-refractivity contribution >= 4 is 28.9 Å². The first-order chi connectivity index (χ1) is 8.08. The normalized spacial score (nSPS) is 10.2. The van der Waals surface area contributed by atoms with Gasteiger partial charge in [0.05, 0.1) is 10.5 Å². The van der Waals surface area contributed by atoms with E-state index >= 15 is 0 Å². The highest BCUT2D eigenvalue weighted by atomic mass is 35.5. The summed E-state index contributed by atoms with van der Waals surface area (Å²) in [5.74, 6) is 0. The first-order valence-electron chi connectivity index (χ1n) is 4.78. The van der Waals surface area contributed by atoms with Crippen molar-refractivity contribution in [3.05, 3.63) is 62.6 Å². The summed E-state index contributed by atoms with van der Waals surface area (Å²) in [6.45, 7) is 0. The molecule has 17 heavy (non-hydrogen) atoms. The van der Waals surface area contributed by atoms with Gasteiger partial charge in [-0.1, -0.05) is 35.3 Å². The molecule has 0 aliphatic carbocycles. The van der Waals surface area contributed by atoms with Gasteiger partial charge in [-0.3, -0.25) is 10.1 Å². The molecule has 0 heterocycles. The fourth-order valence-electron chi connectivity index (χ4n) is 1.53. The van der Waals surface area contributed by atoms with Gasteiger partial charge in [0.25, 0.3) is 5.69 Å². The maximum absolute atomic E-state index is 10.9. The average molecular weight is 268 g/mol. The van der Waals surface area contributed by atoms with Gasteiger partial charge < -0.3 is 0 Å². The summed E-state index contributed by atoms with van der Waals surface area (Å²) in [6, 6.07) is 11.4. The van der Waals surface area contributed by atoms with Crippen molar-refractivity contribution < 1.29 is 4.92 Å². The van der Waals surface area contributed by atoms with Gasteiger partial charge in [-0.15, -0.1) is 0 Å². The molecule has 0 aromatic heterocycles. The van der Waals surface area contributed by atoms with Crippen LogP contribution < -0.4 is 0 Å². The van der Waals surface area contributed by atoms with Gasteiger partial charge in [-0.05, 0) is 29.8 Å². The molecule has 86 valence electrons. The Morgan fingerprint density at radius 3 is 2.12 bits per heavy atom. The topological polar surface area (TPSA) is 43.1 Å². The molecule has 0 amide bonds. The molecule has 0 aliphatic rings. The molecule has 2 rings (SSSR count). The van der Waals surface area contributed by atoms with E-state index in [9.17, 15) is 10.1 Å². The molecular weight excluding hydrogens is 261 g/mol. The van der Waals surface area contributed by atoms with E-state index in [1.54, 1.807) is 36.4 Å². The minimum absolute atomic E-state index is 0.0141. The summed E-state index contributed by atoms with van der Waals surface area (Å²) in [4.78, 5) is 10.5. The Morgan fingerprint density at radius 2 is 1.53 bits per heavy atom. The van der Waals surface area contributed by atoms with Gasteiger partial charge in [0.15, 0.2) is 0 Å². The van der Waals surface area contributed by atoms with Gasteiger partial charge >= 0.3 is 0 Å². The fourth-order valence-corrected chi connectivity index (χ4v) is 1.82. The summed E-state index contributed by atoms with van der Waals surface area (Å²) in [5.41, 5.74) is 1.24. The second-order valence-electron chi connectivity index (χ2n) is 3.43. The highest BCUT2D eigenvalue weighted by molar-refractivity contribution is 6.31. The molecule has 2 aromatic rings. The Labute approximate surface area is 108 Å². The molecule has 5 heteroatoms. The van der Waals surface area contributed by atoms with Gasteiger partial charge in [-0.25, -0.2) is 0 Å². The molecule has 0 radical (unpaired) electrons. The van der Waals surface area contributed by atoms with E-state index in [0.29, 0.717) is 15.6 Å². The van der Waals surface area contributed by atoms with Gasteiger partial charge in [0.2, 0.25) is 0 Å². The van der Waals surface area contributed by atoms with Crippen LogP contribution in [0.1, 0.15) is 0 Å². The van der Waals surface area contributed by atoms with Crippen molar-refractivity contribution in [3.63, 3.8) is 0 Å². The maximum Gasteiger partial charge on any atom is 0.278 e. The van der Waals surface area contributed by atoms with Crippen LogP contribution in [0.4, 0.5) is 5.69 Å². The number of hydrogen-bond donors (Lipinski definition) is 0. The molecule has 0 saturated carbocycles. The highest BCUT2D eigenvalue weighted by Gasteiger charge is 2.15. The van der Waals surface area contributed by atoms with Crippen molar-refractivity contribution in [2.45, 2.75) is 0 Å². The summed E-state index contributed by atoms with van der Waals surface area (Å²) >= 11 is 11.5. The first kappa shape index (κ1) is 11.9. The Morgan fingerprint density at radius 1 is 0.941 bits per heavy atom. The molecule has 0 N–H and O–H groups in total. The smallest absolute Gasteiger partial charge is 0.258 e. The third kappa shape index (κ3) is 2.57. The largest absolute Gasteiger partial charge is 0.278 e. The van der Waals surface area contributed by atoms with Crippen LogP contribution in [0.25, 0.3) is 11.1 Å². The molecule has 0 bridgehead atoms. The van der Waals surface area contributed by atoms with E-state index in [2.05, 4.69) is 0 Å². The Bertz CT molecular complexity index is 567. The molecule has 3 nitrogen and oxygen atoms in total. The van der Waals surface area contributed by atoms with Crippen molar-refractivity contribution in [2.24, 2.45) is 0 Å². The van der Waals surface area contributed by atoms with E-state index in [1.165, 1.54) is 6.07 Å². The second kappa shape index (κ2) is 4.73. The zero-order chi connectivity index (χ0) is 12.4. The lowest BCUT2D eigenvalue weighted by Gasteiger charge is -2.03. The number of rotatable bonds is 2. The summed E-state index contributed by atoms with van der Waals surface area (Å²) in [6.07, 6.45) is 0. The number of nitro benzene ring substituents is 1. The van der Waals surface area contributed by atoms with Crippen LogP contribution in [0.5, 0.6) is 0 Å². The van der Waals surface area contributed by atoms with E-state index in [1.807, 2.05) is 0 Å². The van der Waals surface area contributed by atoms with E-state index in [0.717, 1.165) is 5.56 Å². The SMILES string of the molecule is O=[N+]([O-])c1cc(Cl)ccc1-c1ccc(Cl)cc1. The van der Waals surface area contributed by atoms with Crippen LogP contribution in [0, 0.1) is 10.1 Å². The molecule has 0 fully saturated rings. The minimum atomic E-state index is -0.449. The maximum atomic E-state index is 10.9. The zero-order valence-corrected chi connectivity index (χ0v) is 10.1. The third-order valence-corrected chi connectivity index (χ3v) is 2.80. The predicted molar refractivity (Wildman–Crippen MR) is 68.6 cm³/mol. The quantitative estimate of drug-likeness (QED) is 0.591. The fraction of sp³-hybridized carbons (Fsp3) is 0. The van der Waals surface area contributed by atoms with E-state index < -0.39 is 4.92 Å². The highest BCUT2D eigenvalue weighted by Crippen LogP contribution is 2.32. The second-order valence-corrected chi connectivity index (χ2v) is 4.30. The van der Waals surface area contributed by atoms with Crippen molar-refractivity contribution in [1.29, 1.82) is 0 Å². The Kier molecular flexibility index (Phi) is 3.31. The first-order valence-corrected chi connectivity index (χ1v) is 5.53. The Hall–Kier alpha value is -1.58. The number of halogens is 2. The van der Waals surface area contributed by atoms with Crippen molar-refractivity contribution in [1.82, 2.24) is 0 Å². The molecule has 2 aromatic carbocycles. The molecule has 0 spiro atoms. The number of nitrogens with zero attached hydrogens (tertiary/aromatic N) is 1. The number of benzene rings is 2. The van der Waals surface area contributed by atoms with Crippen LogP contribution in [-0.2, 0) is 0 Å².